The Morgan fingerprint density at radius 2 is 2.00 bits per heavy atom. The van der Waals surface area contributed by atoms with Crippen molar-refractivity contribution in [3.05, 3.63) is 53.6 Å². The van der Waals surface area contributed by atoms with Crippen LogP contribution in [0, 0.1) is 5.92 Å². The Labute approximate surface area is 169 Å². The summed E-state index contributed by atoms with van der Waals surface area (Å²) in [6.45, 7) is 1.78. The standard InChI is InChI=1S/C21H27F3N4O/c1-26(2)12-13-28(20(29)16-7-5-8-16)15-19-25-10-11-27(19)14-17-6-3-4-9-18(17)21(22,23)24/h3-4,6,9-11,16H,5,7-8,12-15H2,1-2H3/p+1. The summed E-state index contributed by atoms with van der Waals surface area (Å²) in [4.78, 5) is 20.2. The molecule has 158 valence electrons. The van der Waals surface area contributed by atoms with Crippen LogP contribution in [0.3, 0.4) is 0 Å². The van der Waals surface area contributed by atoms with Crippen LogP contribution in [0.5, 0.6) is 0 Å². The molecule has 1 aliphatic rings. The van der Waals surface area contributed by atoms with E-state index in [2.05, 4.69) is 4.98 Å². The largest absolute Gasteiger partial charge is 0.416 e. The zero-order valence-corrected chi connectivity index (χ0v) is 16.9. The molecule has 3 rings (SSSR count). The van der Waals surface area contributed by atoms with Crippen LogP contribution >= 0.6 is 0 Å². The molecule has 29 heavy (non-hydrogen) atoms. The number of carbonyl (C=O) groups excluding carboxylic acids is 1. The van der Waals surface area contributed by atoms with Crippen molar-refractivity contribution in [1.29, 1.82) is 0 Å². The highest BCUT2D eigenvalue weighted by atomic mass is 19.4. The van der Waals surface area contributed by atoms with Gasteiger partial charge in [-0.3, -0.25) is 4.79 Å². The molecule has 2 aromatic rings. The van der Waals surface area contributed by atoms with E-state index < -0.39 is 11.7 Å². The van der Waals surface area contributed by atoms with Gasteiger partial charge in [-0.25, -0.2) is 4.98 Å². The van der Waals surface area contributed by atoms with E-state index in [4.69, 9.17) is 0 Å². The van der Waals surface area contributed by atoms with E-state index in [1.165, 1.54) is 17.0 Å². The van der Waals surface area contributed by atoms with Crippen LogP contribution in [0.4, 0.5) is 13.2 Å². The Balaban J connectivity index is 1.78. The first-order valence-electron chi connectivity index (χ1n) is 9.98. The molecule has 0 bridgehead atoms. The average molecular weight is 409 g/mol. The fourth-order valence-electron chi connectivity index (χ4n) is 3.46. The van der Waals surface area contributed by atoms with Gasteiger partial charge in [0.25, 0.3) is 0 Å². The number of alkyl halides is 3. The highest BCUT2D eigenvalue weighted by Gasteiger charge is 2.33. The number of hydrogen-bond donors (Lipinski definition) is 1. The summed E-state index contributed by atoms with van der Waals surface area (Å²) in [5.74, 6) is 0.799. The van der Waals surface area contributed by atoms with Gasteiger partial charge >= 0.3 is 6.18 Å². The van der Waals surface area contributed by atoms with E-state index in [9.17, 15) is 18.0 Å². The van der Waals surface area contributed by atoms with E-state index in [1.54, 1.807) is 23.0 Å². The molecule has 1 aromatic heterocycles. The van der Waals surface area contributed by atoms with E-state index in [-0.39, 0.29) is 23.9 Å². The quantitative estimate of drug-likeness (QED) is 0.727. The Morgan fingerprint density at radius 3 is 2.62 bits per heavy atom. The molecule has 1 aromatic carbocycles. The third-order valence-electron chi connectivity index (χ3n) is 5.45. The Hall–Kier alpha value is -2.35. The number of rotatable bonds is 8. The van der Waals surface area contributed by atoms with Crippen molar-refractivity contribution in [2.45, 2.75) is 38.5 Å². The van der Waals surface area contributed by atoms with E-state index in [0.29, 0.717) is 18.9 Å². The van der Waals surface area contributed by atoms with E-state index in [1.807, 2.05) is 19.0 Å². The van der Waals surface area contributed by atoms with Gasteiger partial charge in [-0.1, -0.05) is 24.6 Å². The molecule has 8 heteroatoms. The number of nitrogens with one attached hydrogen (secondary N) is 1. The molecular weight excluding hydrogens is 381 g/mol. The van der Waals surface area contributed by atoms with Gasteiger partial charge in [-0.05, 0) is 24.5 Å². The zero-order valence-electron chi connectivity index (χ0n) is 16.9. The summed E-state index contributed by atoms with van der Waals surface area (Å²) in [7, 11) is 4.06. The minimum Gasteiger partial charge on any atom is -0.338 e. The lowest BCUT2D eigenvalue weighted by Gasteiger charge is -2.31. The number of halogens is 3. The maximum atomic E-state index is 13.3. The molecule has 0 atom stereocenters. The van der Waals surface area contributed by atoms with Crippen LogP contribution in [0.2, 0.25) is 0 Å². The lowest BCUT2D eigenvalue weighted by atomic mass is 9.84. The topological polar surface area (TPSA) is 42.6 Å². The van der Waals surface area contributed by atoms with Gasteiger partial charge in [0.1, 0.15) is 5.82 Å². The third-order valence-corrected chi connectivity index (χ3v) is 5.45. The molecule has 1 amide bonds. The van der Waals surface area contributed by atoms with Gasteiger partial charge in [-0.2, -0.15) is 13.2 Å². The van der Waals surface area contributed by atoms with Crippen molar-refractivity contribution in [3.63, 3.8) is 0 Å². The minimum absolute atomic E-state index is 0.0649. The van der Waals surface area contributed by atoms with Crippen LogP contribution in [-0.4, -0.2) is 47.5 Å². The molecule has 1 N–H and O–H groups in total. The number of imidazole rings is 1. The normalized spacial score (nSPS) is 14.8. The Kier molecular flexibility index (Phi) is 6.62. The highest BCUT2D eigenvalue weighted by molar-refractivity contribution is 5.79. The molecule has 1 fully saturated rings. The molecule has 0 aliphatic heterocycles. The summed E-state index contributed by atoms with van der Waals surface area (Å²) in [5.41, 5.74) is -0.452. The lowest BCUT2D eigenvalue weighted by Crippen LogP contribution is -3.06. The van der Waals surface area contributed by atoms with Gasteiger partial charge in [0.2, 0.25) is 5.91 Å². The molecule has 0 unspecified atom stereocenters. The summed E-state index contributed by atoms with van der Waals surface area (Å²) < 4.78 is 41.7. The van der Waals surface area contributed by atoms with Crippen molar-refractivity contribution in [3.8, 4) is 0 Å². The molecular formula is C21H28F3N4O+. The van der Waals surface area contributed by atoms with Gasteiger partial charge in [0, 0.05) is 24.9 Å². The van der Waals surface area contributed by atoms with Gasteiger partial charge in [0.15, 0.2) is 0 Å². The number of likely N-dealkylation sites (N-methyl/N-ethyl adjacent to an activating group) is 1. The molecule has 1 saturated carbocycles. The zero-order chi connectivity index (χ0) is 21.0. The minimum atomic E-state index is -4.40. The van der Waals surface area contributed by atoms with Crippen molar-refractivity contribution >= 4 is 5.91 Å². The molecule has 1 heterocycles. The Morgan fingerprint density at radius 1 is 1.28 bits per heavy atom. The first kappa shape index (κ1) is 21.4. The first-order valence-corrected chi connectivity index (χ1v) is 9.98. The molecule has 5 nitrogen and oxygen atoms in total. The van der Waals surface area contributed by atoms with Crippen molar-refractivity contribution in [1.82, 2.24) is 14.5 Å². The van der Waals surface area contributed by atoms with Gasteiger partial charge < -0.3 is 14.4 Å². The number of aromatic nitrogens is 2. The third kappa shape index (κ3) is 5.38. The number of nitrogens with zero attached hydrogens (tertiary/aromatic N) is 3. The molecule has 0 spiro atoms. The highest BCUT2D eigenvalue weighted by Crippen LogP contribution is 2.32. The number of amides is 1. The fraction of sp³-hybridized carbons (Fsp3) is 0.524. The second-order valence-corrected chi connectivity index (χ2v) is 7.97. The number of benzene rings is 1. The van der Waals surface area contributed by atoms with Crippen LogP contribution in [0.15, 0.2) is 36.7 Å². The summed E-state index contributed by atoms with van der Waals surface area (Å²) in [5, 5.41) is 0. The van der Waals surface area contributed by atoms with Gasteiger partial charge in [-0.15, -0.1) is 0 Å². The number of quaternary nitrogens is 1. The summed E-state index contributed by atoms with van der Waals surface area (Å²) >= 11 is 0. The Bertz CT molecular complexity index is 827. The lowest BCUT2D eigenvalue weighted by molar-refractivity contribution is -0.857. The molecule has 1 aliphatic carbocycles. The van der Waals surface area contributed by atoms with Crippen molar-refractivity contribution < 1.29 is 22.9 Å². The smallest absolute Gasteiger partial charge is 0.338 e. The summed E-state index contributed by atoms with van der Waals surface area (Å²) in [6, 6.07) is 5.58. The second-order valence-electron chi connectivity index (χ2n) is 7.97. The summed E-state index contributed by atoms with van der Waals surface area (Å²) in [6.07, 6.45) is 1.75. The maximum Gasteiger partial charge on any atom is 0.416 e. The molecule has 0 saturated heterocycles. The predicted molar refractivity (Wildman–Crippen MR) is 103 cm³/mol. The van der Waals surface area contributed by atoms with Crippen LogP contribution < -0.4 is 4.90 Å². The second kappa shape index (κ2) is 8.98. The average Bonchev–Trinajstić information content (AvgIpc) is 3.03. The monoisotopic (exact) mass is 409 g/mol. The van der Waals surface area contributed by atoms with Crippen LogP contribution in [0.1, 0.15) is 36.2 Å². The van der Waals surface area contributed by atoms with Gasteiger partial charge in [0.05, 0.1) is 39.3 Å². The first-order chi connectivity index (χ1) is 13.8. The fourth-order valence-corrected chi connectivity index (χ4v) is 3.46. The predicted octanol–water partition coefficient (Wildman–Crippen LogP) is 2.22. The van der Waals surface area contributed by atoms with Crippen LogP contribution in [0.25, 0.3) is 0 Å². The van der Waals surface area contributed by atoms with Crippen molar-refractivity contribution in [2.24, 2.45) is 5.92 Å². The number of hydrogen-bond acceptors (Lipinski definition) is 2. The van der Waals surface area contributed by atoms with E-state index >= 15 is 0 Å². The molecule has 0 radical (unpaired) electrons. The maximum absolute atomic E-state index is 13.3. The van der Waals surface area contributed by atoms with Crippen LogP contribution in [-0.2, 0) is 24.1 Å². The SMILES string of the molecule is C[NH+](C)CCN(Cc1nccn1Cc1ccccc1C(F)(F)F)C(=O)C1CCC1. The van der Waals surface area contributed by atoms with E-state index in [0.717, 1.165) is 31.9 Å². The number of carbonyl (C=O) groups is 1. The van der Waals surface area contributed by atoms with Crippen molar-refractivity contribution in [2.75, 3.05) is 27.2 Å².